The summed E-state index contributed by atoms with van der Waals surface area (Å²) < 4.78 is 5.83. The average molecular weight is 347 g/mol. The zero-order valence-electron chi connectivity index (χ0n) is 13.5. The molecule has 1 unspecified atom stereocenters. The highest BCUT2D eigenvalue weighted by Crippen LogP contribution is 2.29. The maximum Gasteiger partial charge on any atom is 0.127 e. The van der Waals surface area contributed by atoms with Crippen LogP contribution in [0.25, 0.3) is 0 Å². The molecule has 1 atom stereocenters. The van der Waals surface area contributed by atoms with Crippen LogP contribution >= 0.6 is 12.2 Å². The van der Waals surface area contributed by atoms with Crippen LogP contribution < -0.4 is 4.74 Å². The van der Waals surface area contributed by atoms with E-state index in [1.165, 1.54) is 0 Å². The van der Waals surface area contributed by atoms with E-state index >= 15 is 0 Å². The third kappa shape index (κ3) is 4.54. The first kappa shape index (κ1) is 16.9. The number of hydrogen-bond acceptors (Lipinski definition) is 4. The lowest BCUT2D eigenvalue weighted by atomic mass is 9.91. The predicted octanol–water partition coefficient (Wildman–Crippen LogP) is 5.42. The average Bonchev–Trinajstić information content (AvgIpc) is 2.65. The molecule has 0 bridgehead atoms. The molecule has 3 aromatic rings. The third-order valence-electron chi connectivity index (χ3n) is 3.90. The van der Waals surface area contributed by atoms with Gasteiger partial charge in [-0.3, -0.25) is 0 Å². The number of isothiocyanates is 1. The lowest BCUT2D eigenvalue weighted by molar-refractivity contribution is 0.475. The molecule has 3 nitrogen and oxygen atoms in total. The molecular formula is C21H17NO2S. The number of para-hydroxylation sites is 1. The molecule has 124 valence electrons. The van der Waals surface area contributed by atoms with Gasteiger partial charge in [0.25, 0.3) is 0 Å². The number of phenolic OH excluding ortho intramolecular Hbond substituents is 1. The second kappa shape index (κ2) is 8.25. The topological polar surface area (TPSA) is 41.8 Å². The van der Waals surface area contributed by atoms with E-state index in [1.807, 2.05) is 66.7 Å². The maximum atomic E-state index is 9.49. The maximum absolute atomic E-state index is 9.49. The van der Waals surface area contributed by atoms with Gasteiger partial charge in [-0.25, -0.2) is 4.99 Å². The van der Waals surface area contributed by atoms with Crippen molar-refractivity contribution in [3.63, 3.8) is 0 Å². The van der Waals surface area contributed by atoms with E-state index in [-0.39, 0.29) is 11.7 Å². The van der Waals surface area contributed by atoms with Crippen molar-refractivity contribution in [1.29, 1.82) is 0 Å². The Morgan fingerprint density at radius 2 is 1.40 bits per heavy atom. The Balaban J connectivity index is 1.83. The van der Waals surface area contributed by atoms with Crippen molar-refractivity contribution in [2.45, 2.75) is 5.92 Å². The first-order valence-electron chi connectivity index (χ1n) is 7.91. The fourth-order valence-electron chi connectivity index (χ4n) is 2.63. The van der Waals surface area contributed by atoms with Gasteiger partial charge < -0.3 is 9.84 Å². The van der Waals surface area contributed by atoms with Crippen LogP contribution in [0.15, 0.2) is 83.9 Å². The van der Waals surface area contributed by atoms with Crippen molar-refractivity contribution in [2.24, 2.45) is 4.99 Å². The van der Waals surface area contributed by atoms with E-state index in [1.54, 1.807) is 12.1 Å². The molecule has 25 heavy (non-hydrogen) atoms. The van der Waals surface area contributed by atoms with Gasteiger partial charge in [0.2, 0.25) is 0 Å². The van der Waals surface area contributed by atoms with Crippen LogP contribution in [0.1, 0.15) is 17.0 Å². The molecular weight excluding hydrogens is 330 g/mol. The van der Waals surface area contributed by atoms with Crippen LogP contribution in [-0.4, -0.2) is 16.8 Å². The fraction of sp³-hybridized carbons (Fsp3) is 0.0952. The Kier molecular flexibility index (Phi) is 5.57. The van der Waals surface area contributed by atoms with Gasteiger partial charge in [0, 0.05) is 5.92 Å². The van der Waals surface area contributed by atoms with Crippen molar-refractivity contribution < 1.29 is 9.84 Å². The van der Waals surface area contributed by atoms with E-state index in [2.05, 4.69) is 10.2 Å². The van der Waals surface area contributed by atoms with E-state index < -0.39 is 0 Å². The number of ether oxygens (including phenoxy) is 1. The molecule has 1 N–H and O–H groups in total. The van der Waals surface area contributed by atoms with Crippen molar-refractivity contribution in [2.75, 3.05) is 6.54 Å². The van der Waals surface area contributed by atoms with Crippen LogP contribution in [0.5, 0.6) is 17.2 Å². The van der Waals surface area contributed by atoms with Crippen LogP contribution in [0.4, 0.5) is 0 Å². The minimum absolute atomic E-state index is 0.0434. The van der Waals surface area contributed by atoms with Crippen molar-refractivity contribution in [3.8, 4) is 17.2 Å². The van der Waals surface area contributed by atoms with E-state index in [0.29, 0.717) is 6.54 Å². The molecule has 0 amide bonds. The van der Waals surface area contributed by atoms with Gasteiger partial charge in [-0.05, 0) is 59.7 Å². The van der Waals surface area contributed by atoms with E-state index in [9.17, 15) is 5.11 Å². The van der Waals surface area contributed by atoms with E-state index in [4.69, 9.17) is 17.0 Å². The van der Waals surface area contributed by atoms with Crippen LogP contribution in [-0.2, 0) is 0 Å². The fourth-order valence-corrected chi connectivity index (χ4v) is 2.71. The molecule has 0 heterocycles. The highest BCUT2D eigenvalue weighted by molar-refractivity contribution is 7.78. The number of benzene rings is 3. The molecule has 0 aliphatic heterocycles. The number of hydrogen-bond donors (Lipinski definition) is 1. The summed E-state index contributed by atoms with van der Waals surface area (Å²) in [5.74, 6) is 1.86. The number of rotatable bonds is 6. The molecule has 0 aromatic heterocycles. The molecule has 0 aliphatic carbocycles. The molecule has 3 rings (SSSR count). The normalized spacial score (nSPS) is 11.4. The smallest absolute Gasteiger partial charge is 0.127 e. The molecule has 0 radical (unpaired) electrons. The summed E-state index contributed by atoms with van der Waals surface area (Å²) in [5, 5.41) is 11.9. The van der Waals surface area contributed by atoms with Crippen molar-refractivity contribution >= 4 is 17.4 Å². The standard InChI is InChI=1S/C21H17NO2S/c23-18-10-6-16(7-11-18)21(14-22-15-25)17-8-12-20(13-9-17)24-19-4-2-1-3-5-19/h1-13,21,23H,14H2. The Bertz CT molecular complexity index is 855. The van der Waals surface area contributed by atoms with Crippen LogP contribution in [0, 0.1) is 0 Å². The van der Waals surface area contributed by atoms with Crippen molar-refractivity contribution in [1.82, 2.24) is 0 Å². The van der Waals surface area contributed by atoms with E-state index in [0.717, 1.165) is 22.6 Å². The van der Waals surface area contributed by atoms with Crippen LogP contribution in [0.2, 0.25) is 0 Å². The van der Waals surface area contributed by atoms with Crippen LogP contribution in [0.3, 0.4) is 0 Å². The predicted molar refractivity (Wildman–Crippen MR) is 103 cm³/mol. The number of aliphatic imine (C=N–C) groups is 1. The second-order valence-electron chi connectivity index (χ2n) is 5.56. The monoisotopic (exact) mass is 347 g/mol. The number of thiocarbonyl (C=S) groups is 1. The Labute approximate surface area is 152 Å². The van der Waals surface area contributed by atoms with Gasteiger partial charge in [0.1, 0.15) is 17.2 Å². The third-order valence-corrected chi connectivity index (χ3v) is 4.02. The second-order valence-corrected chi connectivity index (χ2v) is 5.74. The quantitative estimate of drug-likeness (QED) is 0.478. The summed E-state index contributed by atoms with van der Waals surface area (Å²) in [6.45, 7) is 0.507. The molecule has 0 spiro atoms. The SMILES string of the molecule is Oc1ccc(C(CN=C=S)c2ccc(Oc3ccccc3)cc2)cc1. The molecule has 0 aliphatic rings. The number of nitrogens with zero attached hydrogens (tertiary/aromatic N) is 1. The summed E-state index contributed by atoms with van der Waals surface area (Å²) in [7, 11) is 0. The minimum atomic E-state index is 0.0434. The molecule has 0 fully saturated rings. The molecule has 0 saturated heterocycles. The first-order valence-corrected chi connectivity index (χ1v) is 8.32. The summed E-state index contributed by atoms with van der Waals surface area (Å²) in [6, 6.07) is 24.7. The van der Waals surface area contributed by atoms with Gasteiger partial charge in [0.15, 0.2) is 0 Å². The lowest BCUT2D eigenvalue weighted by Gasteiger charge is -2.16. The first-order chi connectivity index (χ1) is 12.3. The molecule has 0 saturated carbocycles. The Hall–Kier alpha value is -2.94. The Morgan fingerprint density at radius 1 is 0.840 bits per heavy atom. The summed E-state index contributed by atoms with van der Waals surface area (Å²) in [4.78, 5) is 4.11. The highest BCUT2D eigenvalue weighted by Gasteiger charge is 2.14. The molecule has 4 heteroatoms. The van der Waals surface area contributed by atoms with Gasteiger partial charge in [0.05, 0.1) is 11.7 Å². The highest BCUT2D eigenvalue weighted by atomic mass is 32.1. The summed E-state index contributed by atoms with van der Waals surface area (Å²) in [5.41, 5.74) is 2.16. The van der Waals surface area contributed by atoms with Gasteiger partial charge in [-0.15, -0.1) is 0 Å². The molecule has 3 aromatic carbocycles. The van der Waals surface area contributed by atoms with Gasteiger partial charge >= 0.3 is 0 Å². The van der Waals surface area contributed by atoms with Gasteiger partial charge in [-0.2, -0.15) is 0 Å². The number of phenols is 1. The van der Waals surface area contributed by atoms with Crippen molar-refractivity contribution in [3.05, 3.63) is 90.0 Å². The minimum Gasteiger partial charge on any atom is -0.508 e. The zero-order chi connectivity index (χ0) is 17.5. The largest absolute Gasteiger partial charge is 0.508 e. The lowest BCUT2D eigenvalue weighted by Crippen LogP contribution is -2.04. The summed E-state index contributed by atoms with van der Waals surface area (Å²) in [6.07, 6.45) is 0. The number of aromatic hydroxyl groups is 1. The zero-order valence-corrected chi connectivity index (χ0v) is 14.3. The van der Waals surface area contributed by atoms with Gasteiger partial charge in [-0.1, -0.05) is 42.5 Å². The Morgan fingerprint density at radius 3 is 2.00 bits per heavy atom. The summed E-state index contributed by atoms with van der Waals surface area (Å²) >= 11 is 4.71.